The number of fused-ring (bicyclic) bond motifs is 1. The first-order chi connectivity index (χ1) is 15.9. The van der Waals surface area contributed by atoms with Gasteiger partial charge in [-0.1, -0.05) is 30.3 Å². The molecule has 33 heavy (non-hydrogen) atoms. The molecule has 2 aromatic heterocycles. The molecule has 0 bridgehead atoms. The van der Waals surface area contributed by atoms with Crippen LogP contribution in [-0.2, 0) is 6.42 Å². The molecule has 1 atom stereocenters. The Morgan fingerprint density at radius 3 is 2.64 bits per heavy atom. The molecule has 2 heterocycles. The predicted molar refractivity (Wildman–Crippen MR) is 127 cm³/mol. The average molecular weight is 445 g/mol. The topological polar surface area (TPSA) is 91.2 Å². The van der Waals surface area contributed by atoms with E-state index in [1.165, 1.54) is 5.56 Å². The molecule has 0 unspecified atom stereocenters. The summed E-state index contributed by atoms with van der Waals surface area (Å²) in [6, 6.07) is 17.0. The van der Waals surface area contributed by atoms with E-state index in [9.17, 15) is 9.59 Å². The van der Waals surface area contributed by atoms with Gasteiger partial charge >= 0.3 is 0 Å². The van der Waals surface area contributed by atoms with Crippen molar-refractivity contribution in [1.29, 1.82) is 0 Å². The minimum absolute atomic E-state index is 0.124. The Kier molecular flexibility index (Phi) is 6.58. The molecule has 2 N–H and O–H groups in total. The molecule has 2 aromatic carbocycles. The second kappa shape index (κ2) is 9.73. The summed E-state index contributed by atoms with van der Waals surface area (Å²) in [7, 11) is 1.78. The number of benzene rings is 2. The molecule has 4 aromatic rings. The number of H-pyrrole nitrogens is 1. The lowest BCUT2D eigenvalue weighted by Gasteiger charge is -2.29. The molecule has 4 rings (SSSR count). The number of amides is 2. The maximum atomic E-state index is 13.3. The summed E-state index contributed by atoms with van der Waals surface area (Å²) in [5, 5.41) is 2.98. The van der Waals surface area contributed by atoms with Gasteiger partial charge in [-0.15, -0.1) is 0 Å². The van der Waals surface area contributed by atoms with E-state index in [0.717, 1.165) is 12.0 Å². The van der Waals surface area contributed by atoms with Crippen LogP contribution >= 0.6 is 0 Å². The Labute approximate surface area is 192 Å². The molecule has 2 amide bonds. The highest BCUT2D eigenvalue weighted by molar-refractivity contribution is 5.97. The number of aromatic amines is 1. The van der Waals surface area contributed by atoms with Gasteiger partial charge in [-0.05, 0) is 55.2 Å². The lowest BCUT2D eigenvalue weighted by molar-refractivity contribution is 0.0710. The van der Waals surface area contributed by atoms with Crippen LogP contribution < -0.4 is 5.32 Å². The van der Waals surface area contributed by atoms with Crippen LogP contribution in [-0.4, -0.2) is 46.3 Å². The highest BCUT2D eigenvalue weighted by Crippen LogP contribution is 2.19. The standard InChI is InChI=1S/C26H28N4O3/c1-17-13-23(27-15-17)25(31)28-16-21(11-9-19-7-5-4-6-8-19)30(3)26(32)20-10-12-24-22(14-20)29-18(2)33-24/h4-8,10,12-15,21,27H,9,11,16H2,1-3H3,(H,28,31)/t21-/m0/s1. The minimum atomic E-state index is -0.188. The Hall–Kier alpha value is -3.87. The summed E-state index contributed by atoms with van der Waals surface area (Å²) in [4.78, 5) is 34.9. The molecule has 0 saturated heterocycles. The Morgan fingerprint density at radius 1 is 1.12 bits per heavy atom. The van der Waals surface area contributed by atoms with Gasteiger partial charge in [0.15, 0.2) is 11.5 Å². The maximum Gasteiger partial charge on any atom is 0.267 e. The van der Waals surface area contributed by atoms with Crippen molar-refractivity contribution in [3.8, 4) is 0 Å². The van der Waals surface area contributed by atoms with E-state index in [1.54, 1.807) is 49.3 Å². The van der Waals surface area contributed by atoms with Gasteiger partial charge in [0.2, 0.25) is 0 Å². The summed E-state index contributed by atoms with van der Waals surface area (Å²) >= 11 is 0. The predicted octanol–water partition coefficient (Wildman–Crippen LogP) is 4.28. The fraction of sp³-hybridized carbons (Fsp3) is 0.269. The van der Waals surface area contributed by atoms with Crippen LogP contribution in [0, 0.1) is 13.8 Å². The van der Waals surface area contributed by atoms with Gasteiger partial charge in [0.25, 0.3) is 11.8 Å². The summed E-state index contributed by atoms with van der Waals surface area (Å²) in [6.07, 6.45) is 3.29. The first kappa shape index (κ1) is 22.3. The minimum Gasteiger partial charge on any atom is -0.441 e. The zero-order valence-corrected chi connectivity index (χ0v) is 19.1. The largest absolute Gasteiger partial charge is 0.441 e. The van der Waals surface area contributed by atoms with Crippen LogP contribution in [0.4, 0.5) is 0 Å². The molecule has 0 aliphatic heterocycles. The van der Waals surface area contributed by atoms with Crippen molar-refractivity contribution in [2.75, 3.05) is 13.6 Å². The fourth-order valence-electron chi connectivity index (χ4n) is 3.90. The molecule has 0 spiro atoms. The third-order valence-corrected chi connectivity index (χ3v) is 5.79. The molecular weight excluding hydrogens is 416 g/mol. The van der Waals surface area contributed by atoms with E-state index in [1.807, 2.05) is 25.1 Å². The molecule has 0 radical (unpaired) electrons. The SMILES string of the molecule is Cc1c[nH]c(C(=O)NC[C@H](CCc2ccccc2)N(C)C(=O)c2ccc3oc(C)nc3c2)c1. The van der Waals surface area contributed by atoms with Gasteiger partial charge in [0, 0.05) is 38.3 Å². The number of aromatic nitrogens is 2. The van der Waals surface area contributed by atoms with Crippen molar-refractivity contribution in [3.63, 3.8) is 0 Å². The van der Waals surface area contributed by atoms with E-state index in [-0.39, 0.29) is 17.9 Å². The zero-order valence-electron chi connectivity index (χ0n) is 19.1. The van der Waals surface area contributed by atoms with Gasteiger partial charge in [-0.25, -0.2) is 4.98 Å². The van der Waals surface area contributed by atoms with Crippen molar-refractivity contribution in [2.45, 2.75) is 32.7 Å². The summed E-state index contributed by atoms with van der Waals surface area (Å²) in [5.41, 5.74) is 4.54. The van der Waals surface area contributed by atoms with Crippen LogP contribution in [0.15, 0.2) is 65.2 Å². The molecule has 7 nitrogen and oxygen atoms in total. The van der Waals surface area contributed by atoms with Gasteiger partial charge in [0.1, 0.15) is 11.2 Å². The molecule has 170 valence electrons. The van der Waals surface area contributed by atoms with Crippen LogP contribution in [0.1, 0.15) is 44.3 Å². The Bertz CT molecular complexity index is 1260. The van der Waals surface area contributed by atoms with E-state index < -0.39 is 0 Å². The van der Waals surface area contributed by atoms with E-state index in [0.29, 0.717) is 41.2 Å². The van der Waals surface area contributed by atoms with Crippen molar-refractivity contribution < 1.29 is 14.0 Å². The molecule has 0 saturated carbocycles. The number of hydrogen-bond acceptors (Lipinski definition) is 4. The smallest absolute Gasteiger partial charge is 0.267 e. The van der Waals surface area contributed by atoms with Crippen molar-refractivity contribution >= 4 is 22.9 Å². The summed E-state index contributed by atoms with van der Waals surface area (Å²) in [6.45, 7) is 4.05. The highest BCUT2D eigenvalue weighted by atomic mass is 16.3. The summed E-state index contributed by atoms with van der Waals surface area (Å²) < 4.78 is 5.52. The fourth-order valence-corrected chi connectivity index (χ4v) is 3.90. The van der Waals surface area contributed by atoms with E-state index >= 15 is 0 Å². The van der Waals surface area contributed by atoms with Crippen molar-refractivity contribution in [1.82, 2.24) is 20.2 Å². The molecule has 0 aliphatic carbocycles. The van der Waals surface area contributed by atoms with Crippen LogP contribution in [0.3, 0.4) is 0 Å². The van der Waals surface area contributed by atoms with Crippen molar-refractivity contribution in [2.24, 2.45) is 0 Å². The second-order valence-corrected chi connectivity index (χ2v) is 8.31. The average Bonchev–Trinajstić information content (AvgIpc) is 3.42. The number of hydrogen-bond donors (Lipinski definition) is 2. The number of nitrogens with zero attached hydrogens (tertiary/aromatic N) is 2. The first-order valence-corrected chi connectivity index (χ1v) is 11.0. The maximum absolute atomic E-state index is 13.3. The van der Waals surface area contributed by atoms with Crippen LogP contribution in [0.2, 0.25) is 0 Å². The normalized spacial score (nSPS) is 12.0. The number of rotatable bonds is 8. The van der Waals surface area contributed by atoms with Gasteiger partial charge in [0.05, 0.1) is 0 Å². The third-order valence-electron chi connectivity index (χ3n) is 5.79. The third kappa shape index (κ3) is 5.31. The van der Waals surface area contributed by atoms with Crippen LogP contribution in [0.5, 0.6) is 0 Å². The Balaban J connectivity index is 1.50. The number of likely N-dealkylation sites (N-methyl/N-ethyl adjacent to an activating group) is 1. The number of oxazole rings is 1. The first-order valence-electron chi connectivity index (χ1n) is 11.0. The van der Waals surface area contributed by atoms with Crippen molar-refractivity contribution in [3.05, 3.63) is 89.1 Å². The quantitative estimate of drug-likeness (QED) is 0.424. The highest BCUT2D eigenvalue weighted by Gasteiger charge is 2.23. The van der Waals surface area contributed by atoms with Gasteiger partial charge in [-0.3, -0.25) is 9.59 Å². The lowest BCUT2D eigenvalue weighted by atomic mass is 10.0. The lowest BCUT2D eigenvalue weighted by Crippen LogP contribution is -2.45. The molecule has 0 aliphatic rings. The molecule has 0 fully saturated rings. The molecule has 7 heteroatoms. The number of carbonyl (C=O) groups excluding carboxylic acids is 2. The number of aryl methyl sites for hydroxylation is 3. The Morgan fingerprint density at radius 2 is 1.91 bits per heavy atom. The number of nitrogens with one attached hydrogen (secondary N) is 2. The van der Waals surface area contributed by atoms with Crippen LogP contribution in [0.25, 0.3) is 11.1 Å². The monoisotopic (exact) mass is 444 g/mol. The van der Waals surface area contributed by atoms with Gasteiger partial charge in [-0.2, -0.15) is 0 Å². The van der Waals surface area contributed by atoms with E-state index in [4.69, 9.17) is 4.42 Å². The molecular formula is C26H28N4O3. The van der Waals surface area contributed by atoms with Gasteiger partial charge < -0.3 is 19.6 Å². The second-order valence-electron chi connectivity index (χ2n) is 8.31. The zero-order chi connectivity index (χ0) is 23.4. The van der Waals surface area contributed by atoms with E-state index in [2.05, 4.69) is 27.4 Å². The number of carbonyl (C=O) groups is 2. The summed E-state index contributed by atoms with van der Waals surface area (Å²) in [5.74, 6) is 0.250.